The van der Waals surface area contributed by atoms with Gasteiger partial charge in [0.1, 0.15) is 5.82 Å². The van der Waals surface area contributed by atoms with Crippen LogP contribution in [-0.2, 0) is 6.42 Å². The molecule has 0 spiro atoms. The van der Waals surface area contributed by atoms with E-state index in [2.05, 4.69) is 19.9 Å². The molecule has 0 saturated carbocycles. The lowest BCUT2D eigenvalue weighted by Gasteiger charge is -2.09. The molecule has 27 heavy (non-hydrogen) atoms. The largest absolute Gasteiger partial charge is 0.493 e. The van der Waals surface area contributed by atoms with Crippen LogP contribution in [0.25, 0.3) is 16.7 Å². The molecule has 0 aliphatic heterocycles. The first kappa shape index (κ1) is 17.0. The Kier molecular flexibility index (Phi) is 4.02. The van der Waals surface area contributed by atoms with Crippen molar-refractivity contribution in [2.75, 3.05) is 14.2 Å². The van der Waals surface area contributed by atoms with Gasteiger partial charge in [-0.2, -0.15) is 0 Å². The van der Waals surface area contributed by atoms with E-state index in [9.17, 15) is 4.79 Å². The van der Waals surface area contributed by atoms with Crippen molar-refractivity contribution < 1.29 is 9.47 Å². The average Bonchev–Trinajstić information content (AvgIpc) is 3.07. The molecule has 1 N–H and O–H groups in total. The molecular formula is C19H19N5O3. The molecule has 0 amide bonds. The van der Waals surface area contributed by atoms with E-state index in [1.54, 1.807) is 25.4 Å². The van der Waals surface area contributed by atoms with E-state index < -0.39 is 0 Å². The van der Waals surface area contributed by atoms with Crippen molar-refractivity contribution in [2.24, 2.45) is 0 Å². The van der Waals surface area contributed by atoms with E-state index >= 15 is 0 Å². The zero-order chi connectivity index (χ0) is 19.1. The van der Waals surface area contributed by atoms with Gasteiger partial charge in [-0.25, -0.2) is 15.0 Å². The number of aromatic nitrogens is 5. The highest BCUT2D eigenvalue weighted by molar-refractivity contribution is 5.81. The lowest BCUT2D eigenvalue weighted by Crippen LogP contribution is -2.12. The molecular weight excluding hydrogens is 346 g/mol. The summed E-state index contributed by atoms with van der Waals surface area (Å²) >= 11 is 0. The van der Waals surface area contributed by atoms with E-state index in [-0.39, 0.29) is 5.56 Å². The number of nitrogens with one attached hydrogen (secondary N) is 1. The summed E-state index contributed by atoms with van der Waals surface area (Å²) in [6.45, 7) is 4.02. The number of fused-ring (bicyclic) bond motifs is 2. The maximum Gasteiger partial charge on any atom is 0.258 e. The highest BCUT2D eigenvalue weighted by Gasteiger charge is 2.13. The molecule has 4 aromatic rings. The highest BCUT2D eigenvalue weighted by atomic mass is 16.5. The summed E-state index contributed by atoms with van der Waals surface area (Å²) in [5, 5.41) is 0.444. The van der Waals surface area contributed by atoms with Crippen LogP contribution in [0.15, 0.2) is 29.3 Å². The van der Waals surface area contributed by atoms with E-state index in [1.807, 2.05) is 24.4 Å². The molecule has 0 atom stereocenters. The molecule has 4 rings (SSSR count). The van der Waals surface area contributed by atoms with Crippen LogP contribution in [0, 0.1) is 13.8 Å². The van der Waals surface area contributed by atoms with Crippen molar-refractivity contribution in [2.45, 2.75) is 20.3 Å². The van der Waals surface area contributed by atoms with Crippen LogP contribution < -0.4 is 15.0 Å². The smallest absolute Gasteiger partial charge is 0.258 e. The Bertz CT molecular complexity index is 1230. The van der Waals surface area contributed by atoms with Crippen molar-refractivity contribution >= 4 is 16.7 Å². The minimum Gasteiger partial charge on any atom is -0.493 e. The number of nitrogens with zero attached hydrogens (tertiary/aromatic N) is 4. The van der Waals surface area contributed by atoms with Gasteiger partial charge in [-0.15, -0.1) is 0 Å². The number of hydrogen-bond donors (Lipinski definition) is 1. The van der Waals surface area contributed by atoms with Crippen LogP contribution in [0.4, 0.5) is 0 Å². The number of aromatic amines is 1. The highest BCUT2D eigenvalue weighted by Crippen LogP contribution is 2.30. The fraction of sp³-hybridized carbons (Fsp3) is 0.263. The molecule has 8 heteroatoms. The van der Waals surface area contributed by atoms with Crippen molar-refractivity contribution in [3.05, 3.63) is 57.7 Å². The molecule has 8 nitrogen and oxygen atoms in total. The molecule has 0 fully saturated rings. The minimum absolute atomic E-state index is 0.232. The van der Waals surface area contributed by atoms with Crippen LogP contribution in [0.2, 0.25) is 0 Å². The number of H-pyrrole nitrogens is 1. The van der Waals surface area contributed by atoms with Gasteiger partial charge < -0.3 is 14.5 Å². The second-order valence-electron chi connectivity index (χ2n) is 6.34. The first-order valence-corrected chi connectivity index (χ1v) is 8.45. The third kappa shape index (κ3) is 2.88. The number of methoxy groups -OCH3 is 2. The van der Waals surface area contributed by atoms with E-state index in [4.69, 9.17) is 9.47 Å². The standard InChI is InChI=1S/C19H19N5O3/c1-10-8-20-19-21-12(9-24(19)11(10)2)5-17-22-14-7-16(27-4)15(26-3)6-13(14)18(25)23-17/h6-9H,5H2,1-4H3,(H,22,23,25). The van der Waals surface area contributed by atoms with Crippen molar-refractivity contribution in [1.82, 2.24) is 24.3 Å². The lowest BCUT2D eigenvalue weighted by atomic mass is 10.2. The number of imidazole rings is 1. The van der Waals surface area contributed by atoms with Gasteiger partial charge in [-0.3, -0.25) is 9.20 Å². The number of rotatable bonds is 4. The van der Waals surface area contributed by atoms with Crippen LogP contribution >= 0.6 is 0 Å². The quantitative estimate of drug-likeness (QED) is 0.596. The summed E-state index contributed by atoms with van der Waals surface area (Å²) in [6.07, 6.45) is 4.11. The van der Waals surface area contributed by atoms with Crippen LogP contribution in [0.5, 0.6) is 11.5 Å². The maximum absolute atomic E-state index is 12.5. The Labute approximate surface area is 154 Å². The molecule has 3 heterocycles. The minimum atomic E-state index is -0.232. The maximum atomic E-state index is 12.5. The SMILES string of the molecule is COc1cc2nc(Cc3cn4c(C)c(C)cnc4n3)[nH]c(=O)c2cc1OC. The molecule has 3 aromatic heterocycles. The van der Waals surface area contributed by atoms with Gasteiger partial charge in [0, 0.05) is 30.6 Å². The number of benzene rings is 1. The first-order valence-electron chi connectivity index (χ1n) is 8.45. The van der Waals surface area contributed by atoms with Gasteiger partial charge in [0.15, 0.2) is 11.5 Å². The van der Waals surface area contributed by atoms with Crippen molar-refractivity contribution in [1.29, 1.82) is 0 Å². The van der Waals surface area contributed by atoms with E-state index in [0.29, 0.717) is 40.4 Å². The summed E-state index contributed by atoms with van der Waals surface area (Å²) in [7, 11) is 3.08. The zero-order valence-electron chi connectivity index (χ0n) is 15.5. The zero-order valence-corrected chi connectivity index (χ0v) is 15.5. The lowest BCUT2D eigenvalue weighted by molar-refractivity contribution is 0.355. The Hall–Kier alpha value is -3.42. The van der Waals surface area contributed by atoms with Crippen molar-refractivity contribution in [3.63, 3.8) is 0 Å². The Morgan fingerprint density at radius 3 is 2.59 bits per heavy atom. The molecule has 0 bridgehead atoms. The van der Waals surface area contributed by atoms with Crippen LogP contribution in [0.3, 0.4) is 0 Å². The van der Waals surface area contributed by atoms with Crippen LogP contribution in [-0.4, -0.2) is 38.6 Å². The predicted molar refractivity (Wildman–Crippen MR) is 101 cm³/mol. The first-order chi connectivity index (χ1) is 13.0. The third-order valence-corrected chi connectivity index (χ3v) is 4.65. The summed E-state index contributed by atoms with van der Waals surface area (Å²) < 4.78 is 12.5. The van der Waals surface area contributed by atoms with E-state index in [1.165, 1.54) is 7.11 Å². The fourth-order valence-electron chi connectivity index (χ4n) is 3.05. The third-order valence-electron chi connectivity index (χ3n) is 4.65. The molecule has 0 radical (unpaired) electrons. The Morgan fingerprint density at radius 2 is 1.85 bits per heavy atom. The molecule has 0 unspecified atom stereocenters. The van der Waals surface area contributed by atoms with Crippen molar-refractivity contribution in [3.8, 4) is 11.5 Å². The van der Waals surface area contributed by atoms with Crippen LogP contribution in [0.1, 0.15) is 22.8 Å². The molecule has 138 valence electrons. The summed E-state index contributed by atoms with van der Waals surface area (Å²) in [5.41, 5.74) is 3.25. The number of ether oxygens (including phenoxy) is 2. The monoisotopic (exact) mass is 365 g/mol. The molecule has 1 aromatic carbocycles. The van der Waals surface area contributed by atoms with Gasteiger partial charge >= 0.3 is 0 Å². The van der Waals surface area contributed by atoms with Gasteiger partial charge in [-0.05, 0) is 25.5 Å². The van der Waals surface area contributed by atoms with E-state index in [0.717, 1.165) is 17.0 Å². The Balaban J connectivity index is 1.78. The fourth-order valence-corrected chi connectivity index (χ4v) is 3.05. The topological polar surface area (TPSA) is 94.4 Å². The molecule has 0 aliphatic rings. The second-order valence-corrected chi connectivity index (χ2v) is 6.34. The number of aryl methyl sites for hydroxylation is 2. The summed E-state index contributed by atoms with van der Waals surface area (Å²) in [6, 6.07) is 3.33. The van der Waals surface area contributed by atoms with Gasteiger partial charge in [-0.1, -0.05) is 0 Å². The Morgan fingerprint density at radius 1 is 1.11 bits per heavy atom. The summed E-state index contributed by atoms with van der Waals surface area (Å²) in [4.78, 5) is 28.8. The number of hydrogen-bond acceptors (Lipinski definition) is 6. The van der Waals surface area contributed by atoms with Gasteiger partial charge in [0.05, 0.1) is 30.8 Å². The second kappa shape index (κ2) is 6.39. The normalized spacial score (nSPS) is 11.3. The molecule has 0 aliphatic carbocycles. The molecule has 0 saturated heterocycles. The van der Waals surface area contributed by atoms with Gasteiger partial charge in [0.25, 0.3) is 5.56 Å². The predicted octanol–water partition coefficient (Wildman–Crippen LogP) is 2.19. The summed E-state index contributed by atoms with van der Waals surface area (Å²) in [5.74, 6) is 2.17. The van der Waals surface area contributed by atoms with Gasteiger partial charge in [0.2, 0.25) is 5.78 Å². The average molecular weight is 365 g/mol.